The van der Waals surface area contributed by atoms with E-state index in [1.807, 2.05) is 24.4 Å². The van der Waals surface area contributed by atoms with Crippen molar-refractivity contribution < 1.29 is 18.7 Å². The Morgan fingerprint density at radius 3 is 2.81 bits per heavy atom. The van der Waals surface area contributed by atoms with Crippen LogP contribution >= 0.6 is 23.1 Å². The summed E-state index contributed by atoms with van der Waals surface area (Å²) in [7, 11) is 0. The number of ketones is 1. The van der Waals surface area contributed by atoms with Crippen LogP contribution in [0.4, 0.5) is 0 Å². The van der Waals surface area contributed by atoms with Gasteiger partial charge in [0.2, 0.25) is 0 Å². The fourth-order valence-corrected chi connectivity index (χ4v) is 6.37. The molecule has 3 heterocycles. The van der Waals surface area contributed by atoms with Gasteiger partial charge in [0.25, 0.3) is 0 Å². The van der Waals surface area contributed by atoms with E-state index in [4.69, 9.17) is 9.15 Å². The fraction of sp³-hybridized carbons (Fsp3) is 0.321. The van der Waals surface area contributed by atoms with Crippen molar-refractivity contribution in [3.8, 4) is 0 Å². The number of hydrogen-bond donors (Lipinski definition) is 1. The number of Topliss-reactive ketones (excluding diaryl/α,β-unsaturated/α-hetero) is 1. The Morgan fingerprint density at radius 2 is 2.03 bits per heavy atom. The molecule has 0 bridgehead atoms. The number of benzene rings is 1. The van der Waals surface area contributed by atoms with Gasteiger partial charge >= 0.3 is 5.97 Å². The zero-order valence-electron chi connectivity index (χ0n) is 20.2. The van der Waals surface area contributed by atoms with E-state index in [1.165, 1.54) is 6.26 Å². The van der Waals surface area contributed by atoms with Crippen molar-refractivity contribution in [2.75, 3.05) is 18.1 Å². The summed E-state index contributed by atoms with van der Waals surface area (Å²) in [4.78, 5) is 41.8. The number of dihydropyridines is 1. The monoisotopic (exact) mass is 521 g/mol. The summed E-state index contributed by atoms with van der Waals surface area (Å²) in [5.74, 6) is 0.237. The van der Waals surface area contributed by atoms with Gasteiger partial charge in [-0.3, -0.25) is 9.59 Å². The number of para-hydroxylation sites is 1. The van der Waals surface area contributed by atoms with Gasteiger partial charge in [0.05, 0.1) is 23.1 Å². The van der Waals surface area contributed by atoms with Gasteiger partial charge in [-0.05, 0) is 42.7 Å². The summed E-state index contributed by atoms with van der Waals surface area (Å²) >= 11 is 3.32. The van der Waals surface area contributed by atoms with Gasteiger partial charge < -0.3 is 14.5 Å². The predicted octanol–water partition coefficient (Wildman–Crippen LogP) is 5.51. The fourth-order valence-electron chi connectivity index (χ4n) is 5.05. The van der Waals surface area contributed by atoms with E-state index < -0.39 is 11.9 Å². The van der Waals surface area contributed by atoms with Crippen LogP contribution in [-0.4, -0.2) is 29.9 Å². The molecule has 8 heteroatoms. The second-order valence-electron chi connectivity index (χ2n) is 8.88. The first-order chi connectivity index (χ1) is 17.5. The predicted molar refractivity (Wildman–Crippen MR) is 143 cm³/mol. The molecule has 0 saturated carbocycles. The number of thiophene rings is 1. The molecule has 3 aromatic rings. The molecule has 6 nitrogen and oxygen atoms in total. The van der Waals surface area contributed by atoms with Gasteiger partial charge in [-0.15, -0.1) is 11.3 Å². The van der Waals surface area contributed by atoms with E-state index in [0.29, 0.717) is 46.4 Å². The highest BCUT2D eigenvalue weighted by Gasteiger charge is 2.43. The third-order valence-electron chi connectivity index (χ3n) is 6.68. The molecule has 36 heavy (non-hydrogen) atoms. The molecule has 0 radical (unpaired) electrons. The van der Waals surface area contributed by atoms with Crippen molar-refractivity contribution >= 4 is 45.8 Å². The number of allylic oxidation sites excluding steroid dienone is 3. The Kier molecular flexibility index (Phi) is 7.16. The van der Waals surface area contributed by atoms with Gasteiger partial charge in [0.15, 0.2) is 11.2 Å². The molecular formula is C28H27NO5S2. The molecule has 0 spiro atoms. The Balaban J connectivity index is 1.61. The van der Waals surface area contributed by atoms with Crippen LogP contribution in [-0.2, 0) is 14.3 Å². The average Bonchev–Trinajstić information content (AvgIpc) is 3.41. The lowest BCUT2D eigenvalue weighted by atomic mass is 9.73. The minimum atomic E-state index is -0.842. The maximum Gasteiger partial charge on any atom is 0.336 e. The highest BCUT2D eigenvalue weighted by atomic mass is 32.2. The molecule has 1 aromatic carbocycles. The summed E-state index contributed by atoms with van der Waals surface area (Å²) in [6.45, 7) is 4.11. The topological polar surface area (TPSA) is 85.6 Å². The maximum absolute atomic E-state index is 13.7. The number of rotatable bonds is 7. The normalized spacial score (nSPS) is 19.9. The molecule has 1 aliphatic heterocycles. The third kappa shape index (κ3) is 4.55. The van der Waals surface area contributed by atoms with Crippen LogP contribution in [0.2, 0.25) is 0 Å². The molecule has 2 aromatic heterocycles. The molecular weight excluding hydrogens is 494 g/mol. The molecule has 2 atom stereocenters. The lowest BCUT2D eigenvalue weighted by Gasteiger charge is -2.36. The number of esters is 1. The average molecular weight is 522 g/mol. The number of fused-ring (bicyclic) bond motifs is 1. The molecule has 1 aliphatic carbocycles. The van der Waals surface area contributed by atoms with Crippen LogP contribution in [0.3, 0.4) is 0 Å². The van der Waals surface area contributed by atoms with Gasteiger partial charge in [0, 0.05) is 45.5 Å². The summed E-state index contributed by atoms with van der Waals surface area (Å²) < 4.78 is 11.4. The lowest BCUT2D eigenvalue weighted by molar-refractivity contribution is -0.138. The van der Waals surface area contributed by atoms with E-state index in [9.17, 15) is 14.4 Å². The summed E-state index contributed by atoms with van der Waals surface area (Å²) in [6, 6.07) is 11.0. The van der Waals surface area contributed by atoms with Crippen molar-refractivity contribution in [2.45, 2.75) is 38.5 Å². The molecule has 0 amide bonds. The van der Waals surface area contributed by atoms with Crippen molar-refractivity contribution in [2.24, 2.45) is 0 Å². The molecule has 186 valence electrons. The van der Waals surface area contributed by atoms with Crippen molar-refractivity contribution in [3.05, 3.63) is 91.2 Å². The highest BCUT2D eigenvalue weighted by Crippen LogP contribution is 2.45. The summed E-state index contributed by atoms with van der Waals surface area (Å²) in [6.07, 6.45) is 2.35. The van der Waals surface area contributed by atoms with Crippen LogP contribution in [0.25, 0.3) is 11.0 Å². The first-order valence-electron chi connectivity index (χ1n) is 12.0. The number of ether oxygens (including phenoxy) is 1. The Hall–Kier alpha value is -3.10. The van der Waals surface area contributed by atoms with E-state index in [1.54, 1.807) is 54.3 Å². The van der Waals surface area contributed by atoms with Crippen LogP contribution in [0.1, 0.15) is 49.0 Å². The van der Waals surface area contributed by atoms with Crippen molar-refractivity contribution in [1.29, 1.82) is 0 Å². The van der Waals surface area contributed by atoms with Crippen molar-refractivity contribution in [3.63, 3.8) is 0 Å². The number of carbonyl (C=O) groups excluding carboxylic acids is 2. The van der Waals surface area contributed by atoms with E-state index in [-0.39, 0.29) is 29.3 Å². The Morgan fingerprint density at radius 1 is 1.19 bits per heavy atom. The minimum absolute atomic E-state index is 0.0600. The van der Waals surface area contributed by atoms with E-state index >= 15 is 0 Å². The van der Waals surface area contributed by atoms with Gasteiger partial charge in [-0.1, -0.05) is 25.1 Å². The zero-order chi connectivity index (χ0) is 25.2. The zero-order valence-corrected chi connectivity index (χ0v) is 21.8. The van der Waals surface area contributed by atoms with Gasteiger partial charge in [-0.2, -0.15) is 11.8 Å². The van der Waals surface area contributed by atoms with Crippen LogP contribution in [0.15, 0.2) is 79.8 Å². The largest absolute Gasteiger partial charge is 0.464 e. The first kappa shape index (κ1) is 24.6. The van der Waals surface area contributed by atoms with Gasteiger partial charge in [-0.25, -0.2) is 4.79 Å². The number of carbonyl (C=O) groups is 2. The highest BCUT2D eigenvalue weighted by molar-refractivity contribution is 7.99. The van der Waals surface area contributed by atoms with E-state index in [2.05, 4.69) is 5.32 Å². The van der Waals surface area contributed by atoms with Crippen LogP contribution < -0.4 is 10.7 Å². The molecule has 2 aliphatic rings. The SMILES string of the molecule is CCSCCOC(=O)C1=C(C)NC2=C(C(=O)CC(c3cccs3)C2)C1c1coc2ccccc2c1=O. The minimum Gasteiger partial charge on any atom is -0.464 e. The van der Waals surface area contributed by atoms with E-state index in [0.717, 1.165) is 16.3 Å². The van der Waals surface area contributed by atoms with Crippen LogP contribution in [0, 0.1) is 0 Å². The van der Waals surface area contributed by atoms with Gasteiger partial charge in [0.1, 0.15) is 12.2 Å². The Bertz CT molecular complexity index is 1430. The maximum atomic E-state index is 13.7. The molecule has 2 unspecified atom stereocenters. The number of nitrogens with one attached hydrogen (secondary N) is 1. The summed E-state index contributed by atoms with van der Waals surface area (Å²) in [5.41, 5.74) is 2.61. The van der Waals surface area contributed by atoms with Crippen molar-refractivity contribution in [1.82, 2.24) is 5.32 Å². The standard InChI is InChI=1S/C28H27NO5S2/c1-3-35-12-10-33-28(32)24-16(2)29-20-13-17(23-9-6-11-36-23)14-21(30)26(20)25(24)19-15-34-22-8-5-4-7-18(22)27(19)31/h4-9,11,15,17,25,29H,3,10,12-14H2,1-2H3. The molecule has 0 fully saturated rings. The third-order valence-corrected chi connectivity index (χ3v) is 8.57. The number of thioether (sulfide) groups is 1. The summed E-state index contributed by atoms with van der Waals surface area (Å²) in [5, 5.41) is 5.76. The Labute approximate surface area is 217 Å². The quantitative estimate of drug-likeness (QED) is 0.324. The second kappa shape index (κ2) is 10.5. The first-order valence-corrected chi connectivity index (χ1v) is 14.1. The second-order valence-corrected chi connectivity index (χ2v) is 11.3. The molecule has 5 rings (SSSR count). The smallest absolute Gasteiger partial charge is 0.336 e. The molecule has 1 N–H and O–H groups in total. The lowest BCUT2D eigenvalue weighted by Crippen LogP contribution is -2.37. The van der Waals surface area contributed by atoms with Crippen LogP contribution in [0.5, 0.6) is 0 Å². The molecule has 0 saturated heterocycles. The number of hydrogen-bond acceptors (Lipinski definition) is 8.